The molecule has 0 saturated carbocycles. The molecule has 1 aromatic carbocycles. The van der Waals surface area contributed by atoms with Crippen LogP contribution in [0.25, 0.3) is 11.1 Å². The van der Waals surface area contributed by atoms with Crippen LogP contribution in [0.2, 0.25) is 5.02 Å². The second kappa shape index (κ2) is 7.99. The fraction of sp³-hybridized carbons (Fsp3) is 0.143. The molecule has 1 N–H and O–H groups in total. The second-order valence-electron chi connectivity index (χ2n) is 6.89. The molecule has 2 amide bonds. The van der Waals surface area contributed by atoms with Gasteiger partial charge in [-0.05, 0) is 31.2 Å². The summed E-state index contributed by atoms with van der Waals surface area (Å²) in [6.45, 7) is 0.985. The number of fused-ring (bicyclic) bond motifs is 3. The van der Waals surface area contributed by atoms with Crippen molar-refractivity contribution in [1.29, 1.82) is 0 Å². The van der Waals surface area contributed by atoms with E-state index < -0.39 is 42.0 Å². The molecular formula is C21H14ClF3N4O2. The number of benzene rings is 1. The fourth-order valence-electron chi connectivity index (χ4n) is 3.46. The third kappa shape index (κ3) is 3.84. The summed E-state index contributed by atoms with van der Waals surface area (Å²) in [6, 6.07) is 7.66. The van der Waals surface area contributed by atoms with Crippen molar-refractivity contribution in [2.75, 3.05) is 16.8 Å². The van der Waals surface area contributed by atoms with E-state index in [2.05, 4.69) is 15.3 Å². The molecule has 6 nitrogen and oxygen atoms in total. The van der Waals surface area contributed by atoms with Gasteiger partial charge in [-0.2, -0.15) is 13.8 Å². The first-order chi connectivity index (χ1) is 14.8. The molecule has 158 valence electrons. The highest BCUT2D eigenvalue weighted by atomic mass is 35.5. The Morgan fingerprint density at radius 1 is 1.23 bits per heavy atom. The van der Waals surface area contributed by atoms with Gasteiger partial charge in [0, 0.05) is 23.5 Å². The van der Waals surface area contributed by atoms with Gasteiger partial charge in [0.05, 0.1) is 27.9 Å². The van der Waals surface area contributed by atoms with Crippen LogP contribution in [0.5, 0.6) is 0 Å². The second-order valence-corrected chi connectivity index (χ2v) is 7.30. The molecule has 0 radical (unpaired) electrons. The molecule has 31 heavy (non-hydrogen) atoms. The molecule has 0 spiro atoms. The SMILES string of the molecule is C[C@H]1C(=O)N(CC(=O)Nc2ccc(Cl)c(F)c2)c2cc(F)nc(F)c2-c2cccnc21. The van der Waals surface area contributed by atoms with E-state index in [9.17, 15) is 22.8 Å². The summed E-state index contributed by atoms with van der Waals surface area (Å²) in [5.74, 6) is -5.13. The summed E-state index contributed by atoms with van der Waals surface area (Å²) >= 11 is 5.63. The highest BCUT2D eigenvalue weighted by Gasteiger charge is 2.35. The zero-order chi connectivity index (χ0) is 22.3. The minimum Gasteiger partial charge on any atom is -0.324 e. The van der Waals surface area contributed by atoms with E-state index in [0.29, 0.717) is 0 Å². The fourth-order valence-corrected chi connectivity index (χ4v) is 3.58. The minimum atomic E-state index is -1.14. The molecule has 0 saturated heterocycles. The number of anilines is 2. The van der Waals surface area contributed by atoms with Gasteiger partial charge in [-0.25, -0.2) is 4.39 Å². The van der Waals surface area contributed by atoms with Crippen molar-refractivity contribution in [3.8, 4) is 11.1 Å². The molecule has 0 fully saturated rings. The monoisotopic (exact) mass is 446 g/mol. The number of carbonyl (C=O) groups excluding carboxylic acids is 2. The zero-order valence-electron chi connectivity index (χ0n) is 16.0. The predicted octanol–water partition coefficient (Wildman–Crippen LogP) is 4.30. The Labute approximate surface area is 179 Å². The van der Waals surface area contributed by atoms with Crippen molar-refractivity contribution in [1.82, 2.24) is 9.97 Å². The van der Waals surface area contributed by atoms with Gasteiger partial charge in [-0.1, -0.05) is 17.7 Å². The Hall–Kier alpha value is -3.46. The lowest BCUT2D eigenvalue weighted by molar-refractivity contribution is -0.122. The predicted molar refractivity (Wildman–Crippen MR) is 108 cm³/mol. The molecule has 1 atom stereocenters. The van der Waals surface area contributed by atoms with E-state index in [-0.39, 0.29) is 33.2 Å². The van der Waals surface area contributed by atoms with Crippen LogP contribution in [0.3, 0.4) is 0 Å². The van der Waals surface area contributed by atoms with Crippen LogP contribution in [0, 0.1) is 17.7 Å². The van der Waals surface area contributed by atoms with Gasteiger partial charge < -0.3 is 10.2 Å². The van der Waals surface area contributed by atoms with E-state index in [0.717, 1.165) is 17.0 Å². The van der Waals surface area contributed by atoms with Crippen LogP contribution >= 0.6 is 11.6 Å². The van der Waals surface area contributed by atoms with E-state index >= 15 is 0 Å². The smallest absolute Gasteiger partial charge is 0.244 e. The molecule has 10 heteroatoms. The average molecular weight is 447 g/mol. The van der Waals surface area contributed by atoms with Crippen LogP contribution in [0.1, 0.15) is 18.5 Å². The lowest BCUT2D eigenvalue weighted by atomic mass is 9.98. The Morgan fingerprint density at radius 2 is 2.00 bits per heavy atom. The molecule has 1 aliphatic heterocycles. The third-order valence-electron chi connectivity index (χ3n) is 4.87. The molecule has 0 aliphatic carbocycles. The van der Waals surface area contributed by atoms with Gasteiger partial charge in [-0.3, -0.25) is 14.6 Å². The molecule has 3 aromatic rings. The quantitative estimate of drug-likeness (QED) is 0.609. The standard InChI is InChI=1S/C21H14ClF3N4O2/c1-10-19-12(3-2-6-26-19)18-15(8-16(24)28-20(18)25)29(21(10)31)9-17(30)27-11-4-5-13(22)14(23)7-11/h2-8,10H,9H2,1H3,(H,27,30)/t10-/m1/s1. The average Bonchev–Trinajstić information content (AvgIpc) is 2.80. The number of pyridine rings is 2. The van der Waals surface area contributed by atoms with Crippen LogP contribution in [-0.2, 0) is 9.59 Å². The van der Waals surface area contributed by atoms with Crippen molar-refractivity contribution in [2.45, 2.75) is 12.8 Å². The molecule has 3 heterocycles. The van der Waals surface area contributed by atoms with Gasteiger partial charge in [0.15, 0.2) is 0 Å². The highest BCUT2D eigenvalue weighted by Crippen LogP contribution is 2.41. The van der Waals surface area contributed by atoms with Crippen molar-refractivity contribution >= 4 is 34.8 Å². The molecule has 0 unspecified atom stereocenters. The van der Waals surface area contributed by atoms with E-state index in [1.165, 1.54) is 18.3 Å². The summed E-state index contributed by atoms with van der Waals surface area (Å²) in [7, 11) is 0. The Morgan fingerprint density at radius 3 is 2.74 bits per heavy atom. The highest BCUT2D eigenvalue weighted by molar-refractivity contribution is 6.30. The number of amides is 2. The summed E-state index contributed by atoms with van der Waals surface area (Å²) in [5, 5.41) is 2.33. The molecule has 0 bridgehead atoms. The van der Waals surface area contributed by atoms with E-state index in [1.807, 2.05) is 0 Å². The maximum Gasteiger partial charge on any atom is 0.244 e. The summed E-state index contributed by atoms with van der Waals surface area (Å²) in [4.78, 5) is 34.1. The van der Waals surface area contributed by atoms with Crippen molar-refractivity contribution in [3.05, 3.63) is 71.0 Å². The summed E-state index contributed by atoms with van der Waals surface area (Å²) in [5.41, 5.74) is 0.396. The zero-order valence-corrected chi connectivity index (χ0v) is 16.8. The Kier molecular flexibility index (Phi) is 5.36. The van der Waals surface area contributed by atoms with E-state index in [1.54, 1.807) is 19.1 Å². The van der Waals surface area contributed by atoms with Gasteiger partial charge in [0.25, 0.3) is 0 Å². The van der Waals surface area contributed by atoms with Crippen molar-refractivity contribution < 1.29 is 22.8 Å². The van der Waals surface area contributed by atoms with Gasteiger partial charge in [-0.15, -0.1) is 0 Å². The Balaban J connectivity index is 1.75. The molecule has 2 aromatic heterocycles. The van der Waals surface area contributed by atoms with Crippen LogP contribution in [-0.4, -0.2) is 28.3 Å². The van der Waals surface area contributed by atoms with Gasteiger partial charge in [0.1, 0.15) is 12.4 Å². The molecule has 1 aliphatic rings. The normalized spacial score (nSPS) is 15.2. The number of aromatic nitrogens is 2. The van der Waals surface area contributed by atoms with Crippen LogP contribution in [0.15, 0.2) is 42.6 Å². The van der Waals surface area contributed by atoms with Crippen molar-refractivity contribution in [3.63, 3.8) is 0 Å². The third-order valence-corrected chi connectivity index (χ3v) is 5.18. The summed E-state index contributed by atoms with van der Waals surface area (Å²) in [6.07, 6.45) is 1.45. The number of carbonyl (C=O) groups is 2. The summed E-state index contributed by atoms with van der Waals surface area (Å²) < 4.78 is 42.3. The van der Waals surface area contributed by atoms with E-state index in [4.69, 9.17) is 11.6 Å². The lowest BCUT2D eigenvalue weighted by Crippen LogP contribution is -2.40. The number of halogens is 4. The van der Waals surface area contributed by atoms with Gasteiger partial charge in [0.2, 0.25) is 23.7 Å². The molecule has 4 rings (SSSR count). The largest absolute Gasteiger partial charge is 0.324 e. The number of nitrogens with one attached hydrogen (secondary N) is 1. The number of nitrogens with zero attached hydrogens (tertiary/aromatic N) is 3. The first-order valence-electron chi connectivity index (χ1n) is 9.14. The van der Waals surface area contributed by atoms with Crippen LogP contribution < -0.4 is 10.2 Å². The van der Waals surface area contributed by atoms with Gasteiger partial charge >= 0.3 is 0 Å². The first kappa shape index (κ1) is 20.8. The Bertz CT molecular complexity index is 1220. The number of rotatable bonds is 3. The van der Waals surface area contributed by atoms with Crippen molar-refractivity contribution in [2.24, 2.45) is 0 Å². The number of hydrogen-bond donors (Lipinski definition) is 1. The lowest BCUT2D eigenvalue weighted by Gasteiger charge is -2.24. The number of hydrogen-bond acceptors (Lipinski definition) is 4. The minimum absolute atomic E-state index is 0.111. The molecular weight excluding hydrogens is 433 g/mol. The van der Waals surface area contributed by atoms with Crippen LogP contribution in [0.4, 0.5) is 24.5 Å². The maximum absolute atomic E-state index is 14.7. The first-order valence-corrected chi connectivity index (χ1v) is 9.51. The maximum atomic E-state index is 14.7. The topological polar surface area (TPSA) is 75.2 Å².